The lowest BCUT2D eigenvalue weighted by Gasteiger charge is -2.42. The van der Waals surface area contributed by atoms with Gasteiger partial charge in [0.25, 0.3) is 46.4 Å². The van der Waals surface area contributed by atoms with Crippen molar-refractivity contribution in [3.63, 3.8) is 0 Å². The minimum absolute atomic E-state index is 0.0141. The summed E-state index contributed by atoms with van der Waals surface area (Å²) >= 11 is 6.45. The number of hydrogen-bond donors (Lipinski definition) is 7. The minimum atomic E-state index is -4.59. The predicted molar refractivity (Wildman–Crippen MR) is 420 cm³/mol. The van der Waals surface area contributed by atoms with E-state index in [1.54, 1.807) is 12.1 Å². The van der Waals surface area contributed by atoms with Crippen molar-refractivity contribution in [3.8, 4) is 17.0 Å². The Morgan fingerprint density at radius 2 is 1.34 bits per heavy atom. The highest BCUT2D eigenvalue weighted by Gasteiger charge is 2.60. The monoisotopic (exact) mass is 1570 g/mol. The highest BCUT2D eigenvalue weighted by Crippen LogP contribution is 2.62. The molecule has 3 heterocycles. The summed E-state index contributed by atoms with van der Waals surface area (Å²) in [6.07, 6.45) is 19.5. The van der Waals surface area contributed by atoms with Crippen LogP contribution in [-0.2, 0) is 69.2 Å². The summed E-state index contributed by atoms with van der Waals surface area (Å²) in [6, 6.07) is 30.5. The van der Waals surface area contributed by atoms with E-state index in [1.807, 2.05) is 92.8 Å². The third-order valence-corrected chi connectivity index (χ3v) is 26.4. The zero-order valence-corrected chi connectivity index (χ0v) is 66.7. The second-order valence-corrected chi connectivity index (χ2v) is 37.7. The molecule has 6 aromatic rings. The molecule has 5 aliphatic rings. The van der Waals surface area contributed by atoms with Gasteiger partial charge in [0.2, 0.25) is 11.6 Å². The molecule has 3 atom stereocenters. The molecule has 5 aromatic carbocycles. The Kier molecular flexibility index (Phi) is 24.7. The summed E-state index contributed by atoms with van der Waals surface area (Å²) in [4.78, 5) is 28.2. The average molecular weight is 1580 g/mol. The lowest BCUT2D eigenvalue weighted by atomic mass is 9.68. The van der Waals surface area contributed by atoms with Gasteiger partial charge in [-0.05, 0) is 239 Å². The van der Waals surface area contributed by atoms with Gasteiger partial charge < -0.3 is 25.6 Å². The van der Waals surface area contributed by atoms with Gasteiger partial charge in [0, 0.05) is 83.6 Å². The Bertz CT molecular complexity index is 5060. The molecule has 0 radical (unpaired) electrons. The van der Waals surface area contributed by atoms with Gasteiger partial charge in [-0.25, -0.2) is 0 Å². The molecule has 7 N–H and O–H groups in total. The number of fused-ring (bicyclic) bond motifs is 4. The fourth-order valence-corrected chi connectivity index (χ4v) is 18.9. The topological polar surface area (TPSA) is 321 Å². The number of nitrogens with zero attached hydrogens (tertiary/aromatic N) is 4. The van der Waals surface area contributed by atoms with Gasteiger partial charge in [0.05, 0.1) is 38.1 Å². The minimum Gasteiger partial charge on any atom is -0.457 e. The van der Waals surface area contributed by atoms with Crippen LogP contribution in [0.4, 0.5) is 11.4 Å². The van der Waals surface area contributed by atoms with E-state index >= 15 is 0 Å². The van der Waals surface area contributed by atoms with E-state index < -0.39 is 57.1 Å². The lowest BCUT2D eigenvalue weighted by molar-refractivity contribution is -0.438. The maximum atomic E-state index is 14.0. The Hall–Kier alpha value is -7.63. The number of anilines is 1. The molecule has 2 saturated carbocycles. The number of halogens is 1. The maximum absolute atomic E-state index is 14.0. The van der Waals surface area contributed by atoms with Crippen LogP contribution in [0.15, 0.2) is 171 Å². The van der Waals surface area contributed by atoms with Crippen LogP contribution in [-0.4, -0.2) is 122 Å². The van der Waals surface area contributed by atoms with Gasteiger partial charge >= 0.3 is 0 Å². The number of unbranched alkanes of at least 4 members (excludes halogenated alkanes) is 6. The van der Waals surface area contributed by atoms with Gasteiger partial charge in [-0.15, -0.1) is 0 Å². The fraction of sp³-hybridized carbons (Fsp3) is 0.457. The molecule has 0 saturated heterocycles. The highest BCUT2D eigenvalue weighted by molar-refractivity contribution is 7.86. The number of allylic oxidation sites excluding steroid dienone is 7. The summed E-state index contributed by atoms with van der Waals surface area (Å²) in [5.74, 6) is 0.685. The van der Waals surface area contributed by atoms with Crippen LogP contribution < -0.4 is 25.6 Å². The van der Waals surface area contributed by atoms with Gasteiger partial charge in [-0.1, -0.05) is 95.5 Å². The lowest BCUT2D eigenvalue weighted by Crippen LogP contribution is -2.52. The molecule has 22 nitrogen and oxygen atoms in total. The second kappa shape index (κ2) is 32.7. The summed E-state index contributed by atoms with van der Waals surface area (Å²) in [5.41, 5.74) is 9.46. The van der Waals surface area contributed by atoms with Crippen LogP contribution in [0.25, 0.3) is 11.3 Å². The molecule has 2 bridgehead atoms. The van der Waals surface area contributed by atoms with Crippen molar-refractivity contribution in [2.45, 2.75) is 203 Å². The van der Waals surface area contributed by atoms with Crippen LogP contribution >= 0.6 is 11.6 Å². The van der Waals surface area contributed by atoms with Crippen molar-refractivity contribution < 1.29 is 70.8 Å². The number of benzene rings is 5. The van der Waals surface area contributed by atoms with Crippen LogP contribution in [0.1, 0.15) is 190 Å². The van der Waals surface area contributed by atoms with Crippen molar-refractivity contribution in [2.24, 2.45) is 16.7 Å². The van der Waals surface area contributed by atoms with Crippen molar-refractivity contribution >= 4 is 81.0 Å². The number of rotatable bonds is 33. The van der Waals surface area contributed by atoms with E-state index in [0.29, 0.717) is 116 Å². The number of carbonyl (C=O) groups excluding carboxylic acids is 2. The zero-order chi connectivity index (χ0) is 77.9. The number of ether oxygens (including phenoxy) is 1. The molecule has 1 unspecified atom stereocenters. The van der Waals surface area contributed by atoms with Gasteiger partial charge in [-0.3, -0.25) is 32.5 Å². The molecule has 2 amide bonds. The molecule has 3 aliphatic carbocycles. The SMILES string of the molecule is Cc1cc(-c2cc(C(=O)NC3C(C)(C)[C@H]4CC[C@]3(C)C4)nn2Cc2ccc(CNCCCCCCNC(=O)CCCCC[N+]3=C(/C=C/C4=C(Oc5ccc(S(=O)(=O)O)cc5)C(=C/C=C5/N(CCCCS(=O)(=O)O)c6ccc(S(=O)(=O)O)cc6C5(C)C)/CCC4)C(C)(C)c4cc(S(=O)(=O)O)ccc43)cc2)ccc1Cl. The zero-order valence-electron chi connectivity index (χ0n) is 62.7. The van der Waals surface area contributed by atoms with E-state index in [0.717, 1.165) is 102 Å². The number of hydrogen-bond acceptors (Lipinski definition) is 14. The quantitative estimate of drug-likeness (QED) is 0.0114. The molecule has 580 valence electrons. The summed E-state index contributed by atoms with van der Waals surface area (Å²) in [7, 11) is -18.0. The normalized spacial score (nSPS) is 20.3. The first-order chi connectivity index (χ1) is 50.8. The molecule has 27 heteroatoms. The Morgan fingerprint density at radius 3 is 2.01 bits per heavy atom. The van der Waals surface area contributed by atoms with Gasteiger partial charge in [-0.2, -0.15) is 43.3 Å². The van der Waals surface area contributed by atoms with E-state index in [1.165, 1.54) is 55.0 Å². The molecular weight excluding hydrogens is 1470 g/mol. The van der Waals surface area contributed by atoms with Gasteiger partial charge in [0.1, 0.15) is 18.1 Å². The average Bonchev–Trinajstić information content (AvgIpc) is 1.57. The van der Waals surface area contributed by atoms with Gasteiger partial charge in [0.15, 0.2) is 11.4 Å². The van der Waals surface area contributed by atoms with Crippen LogP contribution in [0.5, 0.6) is 5.75 Å². The first-order valence-electron chi connectivity index (χ1n) is 37.2. The van der Waals surface area contributed by atoms with Crippen molar-refractivity contribution in [1.82, 2.24) is 25.7 Å². The molecule has 11 rings (SSSR count). The van der Waals surface area contributed by atoms with E-state index in [9.17, 15) is 61.5 Å². The summed E-state index contributed by atoms with van der Waals surface area (Å²) < 4.78 is 148. The Morgan fingerprint density at radius 1 is 0.685 bits per heavy atom. The maximum Gasteiger partial charge on any atom is 0.294 e. The molecule has 0 spiro atoms. The van der Waals surface area contributed by atoms with Crippen molar-refractivity contribution in [3.05, 3.63) is 195 Å². The van der Waals surface area contributed by atoms with Crippen molar-refractivity contribution in [1.29, 1.82) is 0 Å². The molecular formula is C81H101ClN7O15S4+. The van der Waals surface area contributed by atoms with Crippen molar-refractivity contribution in [2.75, 3.05) is 36.8 Å². The number of aromatic nitrogens is 2. The second-order valence-electron chi connectivity index (χ2n) is 31.5. The first kappa shape index (κ1) is 81.4. The molecule has 1 aromatic heterocycles. The number of amides is 2. The summed E-state index contributed by atoms with van der Waals surface area (Å²) in [6.45, 7) is 20.0. The summed E-state index contributed by atoms with van der Waals surface area (Å²) in [5, 5.41) is 15.7. The number of aryl methyl sites for hydroxylation is 1. The predicted octanol–water partition coefficient (Wildman–Crippen LogP) is 15.0. The van der Waals surface area contributed by atoms with Crippen LogP contribution in [0, 0.1) is 23.7 Å². The third-order valence-electron chi connectivity index (χ3n) is 22.6. The Labute approximate surface area is 641 Å². The third kappa shape index (κ3) is 18.9. The number of nitrogens with one attached hydrogen (secondary N) is 3. The standard InChI is InChI=1S/C81H100ClN7O15S4/c1-54-47-59(26-35-67(54)82)71-50-68(76(91)85-77-78(2,3)60-40-41-81(77,8)51-60)86-89(71)53-56-24-22-55(23-25-56)52-83-42-13-9-10-14-43-84-74(90)21-12-11-15-44-87-69-36-33-63(107(98,99)100)48-65(69)79(4,5)72(87)38-27-57-19-18-20-58(75(57)104-61-29-31-62(32-30-61)106(95,96)97)28-39-73-80(6,7)66-49-64(108(101,102)103)34-37-70(66)88(73)45-16-17-46-105(92,93)94/h22-39,47-50,60,77,83H,9-21,40-46,51-53H2,1-8H3,(H5-,84,85,90,91,92,93,94,95,96,97,98,99,100,101,102,103)/p+1/t60-,77?,81+/m0/s1. The molecule has 2 aliphatic heterocycles. The van der Waals surface area contributed by atoms with Crippen LogP contribution in [0.2, 0.25) is 5.02 Å². The highest BCUT2D eigenvalue weighted by atomic mass is 35.5. The van der Waals surface area contributed by atoms with E-state index in [2.05, 4.69) is 65.6 Å². The Balaban J connectivity index is 0.697. The number of carbonyl (C=O) groups is 2. The largest absolute Gasteiger partial charge is 0.457 e. The first-order valence-corrected chi connectivity index (χ1v) is 43.5. The molecule has 108 heavy (non-hydrogen) atoms. The fourth-order valence-electron chi connectivity index (χ4n) is 16.7. The molecule has 2 fully saturated rings. The van der Waals surface area contributed by atoms with E-state index in [4.69, 9.17) is 21.4 Å². The van der Waals surface area contributed by atoms with E-state index in [-0.39, 0.29) is 62.1 Å². The smallest absolute Gasteiger partial charge is 0.294 e. The van der Waals surface area contributed by atoms with Crippen LogP contribution in [0.3, 0.4) is 0 Å².